The maximum atomic E-state index is 4.22. The largest absolute Gasteiger partial charge is 0.275 e. The minimum absolute atomic E-state index is 0.824. The fourth-order valence-electron chi connectivity index (χ4n) is 1.04. The summed E-state index contributed by atoms with van der Waals surface area (Å²) >= 11 is 3.34. The van der Waals surface area contributed by atoms with Crippen LogP contribution < -0.4 is 0 Å². The monoisotopic (exact) mass is 211 g/mol. The molecule has 0 aromatic carbocycles. The minimum Gasteiger partial charge on any atom is -0.275 e. The van der Waals surface area contributed by atoms with Crippen molar-refractivity contribution in [3.05, 3.63) is 22.6 Å². The molecule has 56 valence electrons. The zero-order valence-corrected chi connectivity index (χ0v) is 7.51. The molecule has 0 bridgehead atoms. The molecule has 0 fully saturated rings. The van der Waals surface area contributed by atoms with Crippen LogP contribution in [0.1, 0.15) is 5.69 Å². The molecule has 0 amide bonds. The van der Waals surface area contributed by atoms with E-state index < -0.39 is 0 Å². The van der Waals surface area contributed by atoms with Crippen LogP contribution in [0.15, 0.2) is 16.9 Å². The number of aromatic amines is 1. The molecule has 11 heavy (non-hydrogen) atoms. The van der Waals surface area contributed by atoms with Gasteiger partial charge in [0.05, 0.1) is 11.7 Å². The molecule has 2 rings (SSSR count). The molecule has 1 N–H and O–H groups in total. The highest BCUT2D eigenvalue weighted by Gasteiger charge is 2.01. The molecule has 0 saturated carbocycles. The zero-order chi connectivity index (χ0) is 7.84. The van der Waals surface area contributed by atoms with Gasteiger partial charge in [0.2, 0.25) is 0 Å². The molecule has 2 aromatic rings. The van der Waals surface area contributed by atoms with Gasteiger partial charge in [0.15, 0.2) is 0 Å². The average Bonchev–Trinajstić information content (AvgIpc) is 2.34. The number of hydrogen-bond acceptors (Lipinski definition) is 2. The normalized spacial score (nSPS) is 10.7. The van der Waals surface area contributed by atoms with Gasteiger partial charge in [-0.3, -0.25) is 5.10 Å². The predicted molar refractivity (Wildman–Crippen MR) is 46.3 cm³/mol. The van der Waals surface area contributed by atoms with Crippen molar-refractivity contribution in [1.82, 2.24) is 15.2 Å². The van der Waals surface area contributed by atoms with Gasteiger partial charge in [0, 0.05) is 11.1 Å². The van der Waals surface area contributed by atoms with Gasteiger partial charge < -0.3 is 0 Å². The van der Waals surface area contributed by atoms with E-state index in [1.54, 1.807) is 6.20 Å². The van der Waals surface area contributed by atoms with Crippen molar-refractivity contribution in [2.24, 2.45) is 0 Å². The second-order valence-corrected chi connectivity index (χ2v) is 3.14. The lowest BCUT2D eigenvalue weighted by Gasteiger charge is -1.94. The summed E-state index contributed by atoms with van der Waals surface area (Å²) in [6, 6.07) is 1.99. The Morgan fingerprint density at radius 2 is 2.36 bits per heavy atom. The van der Waals surface area contributed by atoms with E-state index in [-0.39, 0.29) is 0 Å². The third-order valence-corrected chi connectivity index (χ3v) is 2.09. The van der Waals surface area contributed by atoms with E-state index in [1.165, 1.54) is 0 Å². The first-order valence-corrected chi connectivity index (χ1v) is 4.03. The highest BCUT2D eigenvalue weighted by molar-refractivity contribution is 9.10. The van der Waals surface area contributed by atoms with Gasteiger partial charge in [-0.25, -0.2) is 4.98 Å². The van der Waals surface area contributed by atoms with Crippen molar-refractivity contribution in [2.45, 2.75) is 6.92 Å². The fourth-order valence-corrected chi connectivity index (χ4v) is 1.64. The minimum atomic E-state index is 0.824. The molecular formula is C7H6BrN3. The van der Waals surface area contributed by atoms with Crippen LogP contribution in [-0.2, 0) is 0 Å². The van der Waals surface area contributed by atoms with Crippen LogP contribution in [0.2, 0.25) is 0 Å². The Kier molecular flexibility index (Phi) is 1.42. The molecule has 4 heteroatoms. The Morgan fingerprint density at radius 1 is 1.55 bits per heavy atom. The van der Waals surface area contributed by atoms with Crippen molar-refractivity contribution in [1.29, 1.82) is 0 Å². The highest BCUT2D eigenvalue weighted by atomic mass is 79.9. The average molecular weight is 212 g/mol. The predicted octanol–water partition coefficient (Wildman–Crippen LogP) is 2.03. The molecule has 0 saturated heterocycles. The first-order valence-electron chi connectivity index (χ1n) is 3.23. The Morgan fingerprint density at radius 3 is 3.18 bits per heavy atom. The van der Waals surface area contributed by atoms with Crippen molar-refractivity contribution in [3.63, 3.8) is 0 Å². The zero-order valence-electron chi connectivity index (χ0n) is 5.93. The Bertz CT molecular complexity index is 393. The lowest BCUT2D eigenvalue weighted by molar-refractivity contribution is 1.10. The Hall–Kier alpha value is -0.900. The summed E-state index contributed by atoms with van der Waals surface area (Å²) < 4.78 is 0.824. The van der Waals surface area contributed by atoms with E-state index in [2.05, 4.69) is 31.1 Å². The van der Waals surface area contributed by atoms with Gasteiger partial charge in [-0.1, -0.05) is 0 Å². The summed E-state index contributed by atoms with van der Waals surface area (Å²) in [5.74, 6) is 0. The van der Waals surface area contributed by atoms with Gasteiger partial charge in [-0.15, -0.1) is 0 Å². The Balaban J connectivity index is 2.91. The maximum absolute atomic E-state index is 4.22. The third-order valence-electron chi connectivity index (χ3n) is 1.51. The van der Waals surface area contributed by atoms with Gasteiger partial charge in [0.1, 0.15) is 4.60 Å². The number of halogens is 1. The number of fused-ring (bicyclic) bond motifs is 1. The van der Waals surface area contributed by atoms with Crippen molar-refractivity contribution < 1.29 is 0 Å². The topological polar surface area (TPSA) is 41.6 Å². The molecule has 0 aliphatic heterocycles. The number of pyridine rings is 1. The van der Waals surface area contributed by atoms with Crippen LogP contribution in [-0.4, -0.2) is 15.2 Å². The summed E-state index contributed by atoms with van der Waals surface area (Å²) in [6.45, 7) is 1.96. The van der Waals surface area contributed by atoms with Gasteiger partial charge in [-0.05, 0) is 28.9 Å². The number of hydrogen-bond donors (Lipinski definition) is 1. The summed E-state index contributed by atoms with van der Waals surface area (Å²) in [5.41, 5.74) is 1.95. The molecule has 0 spiro atoms. The lowest BCUT2D eigenvalue weighted by atomic mass is 10.3. The summed E-state index contributed by atoms with van der Waals surface area (Å²) in [7, 11) is 0. The SMILES string of the molecule is Cc1cc2cn[nH]c2c(Br)n1. The van der Waals surface area contributed by atoms with E-state index in [0.717, 1.165) is 21.2 Å². The van der Waals surface area contributed by atoms with Gasteiger partial charge >= 0.3 is 0 Å². The molecule has 0 aliphatic rings. The van der Waals surface area contributed by atoms with Crippen LogP contribution >= 0.6 is 15.9 Å². The van der Waals surface area contributed by atoms with Crippen LogP contribution in [0.5, 0.6) is 0 Å². The van der Waals surface area contributed by atoms with Gasteiger partial charge in [-0.2, -0.15) is 5.10 Å². The molecular weight excluding hydrogens is 206 g/mol. The molecule has 3 nitrogen and oxygen atoms in total. The molecule has 2 aromatic heterocycles. The van der Waals surface area contributed by atoms with Crippen LogP contribution in [0.3, 0.4) is 0 Å². The van der Waals surface area contributed by atoms with E-state index in [1.807, 2.05) is 13.0 Å². The highest BCUT2D eigenvalue weighted by Crippen LogP contribution is 2.19. The number of aromatic nitrogens is 3. The first kappa shape index (κ1) is 6.79. The number of rotatable bonds is 0. The number of nitrogens with one attached hydrogen (secondary N) is 1. The summed E-state index contributed by atoms with van der Waals surface area (Å²) in [4.78, 5) is 4.22. The molecule has 0 atom stereocenters. The quantitative estimate of drug-likeness (QED) is 0.678. The lowest BCUT2D eigenvalue weighted by Crippen LogP contribution is -1.82. The standard InChI is InChI=1S/C7H6BrN3/c1-4-2-5-3-9-11-6(5)7(8)10-4/h2-3H,1H3,(H,9,11). The second kappa shape index (κ2) is 2.30. The number of nitrogens with zero attached hydrogens (tertiary/aromatic N) is 2. The van der Waals surface area contributed by atoms with E-state index >= 15 is 0 Å². The molecule has 0 radical (unpaired) electrons. The molecule has 2 heterocycles. The number of H-pyrrole nitrogens is 1. The first-order chi connectivity index (χ1) is 5.27. The second-order valence-electron chi connectivity index (χ2n) is 2.39. The van der Waals surface area contributed by atoms with E-state index in [0.29, 0.717) is 0 Å². The van der Waals surface area contributed by atoms with E-state index in [4.69, 9.17) is 0 Å². The van der Waals surface area contributed by atoms with Crippen molar-refractivity contribution >= 4 is 26.8 Å². The fraction of sp³-hybridized carbons (Fsp3) is 0.143. The summed E-state index contributed by atoms with van der Waals surface area (Å²) in [5, 5.41) is 7.85. The van der Waals surface area contributed by atoms with Crippen LogP contribution in [0, 0.1) is 6.92 Å². The van der Waals surface area contributed by atoms with E-state index in [9.17, 15) is 0 Å². The van der Waals surface area contributed by atoms with Crippen molar-refractivity contribution in [3.8, 4) is 0 Å². The van der Waals surface area contributed by atoms with Gasteiger partial charge in [0.25, 0.3) is 0 Å². The summed E-state index contributed by atoms with van der Waals surface area (Å²) in [6.07, 6.45) is 1.79. The molecule has 0 aliphatic carbocycles. The van der Waals surface area contributed by atoms with Crippen LogP contribution in [0.4, 0.5) is 0 Å². The molecule has 0 unspecified atom stereocenters. The van der Waals surface area contributed by atoms with Crippen LogP contribution in [0.25, 0.3) is 10.9 Å². The maximum Gasteiger partial charge on any atom is 0.132 e. The smallest absolute Gasteiger partial charge is 0.132 e. The van der Waals surface area contributed by atoms with Crippen molar-refractivity contribution in [2.75, 3.05) is 0 Å². The third kappa shape index (κ3) is 1.03. The number of aryl methyl sites for hydroxylation is 1. The Labute approximate surface area is 72.0 Å².